The Hall–Kier alpha value is -2.53. The second-order valence-corrected chi connectivity index (χ2v) is 7.26. The summed E-state index contributed by atoms with van der Waals surface area (Å²) in [5, 5.41) is 0. The van der Waals surface area contributed by atoms with Crippen molar-refractivity contribution in [3.05, 3.63) is 53.6 Å². The molecule has 5 heteroatoms. The van der Waals surface area contributed by atoms with E-state index < -0.39 is 6.09 Å². The Bertz CT molecular complexity index is 800. The van der Waals surface area contributed by atoms with Crippen LogP contribution in [0.5, 0.6) is 5.75 Å². The number of hydrogen-bond acceptors (Lipinski definition) is 4. The number of fused-ring (bicyclic) bond motifs is 1. The standard InChI is InChI=1S/C21H25NO4/c1-21(2)13-16-11-15(7-8-18(16)19(21)26-20(22)23)14-5-4-6-17(12-14)25-10-9-24-3/h4-8,11-12,19H,9-10,13H2,1-3H3,(H2,22,23). The average molecular weight is 355 g/mol. The molecule has 1 aliphatic carbocycles. The van der Waals surface area contributed by atoms with Gasteiger partial charge in [0.05, 0.1) is 6.61 Å². The van der Waals surface area contributed by atoms with E-state index in [1.807, 2.05) is 30.3 Å². The topological polar surface area (TPSA) is 70.8 Å². The Balaban J connectivity index is 1.86. The van der Waals surface area contributed by atoms with Gasteiger partial charge in [-0.05, 0) is 40.8 Å². The lowest BCUT2D eigenvalue weighted by molar-refractivity contribution is 0.0392. The summed E-state index contributed by atoms with van der Waals surface area (Å²) < 4.78 is 16.1. The molecule has 138 valence electrons. The summed E-state index contributed by atoms with van der Waals surface area (Å²) in [4.78, 5) is 11.3. The zero-order chi connectivity index (χ0) is 18.7. The number of benzene rings is 2. The number of hydrogen-bond donors (Lipinski definition) is 1. The van der Waals surface area contributed by atoms with E-state index in [1.165, 1.54) is 5.56 Å². The molecule has 0 saturated carbocycles. The van der Waals surface area contributed by atoms with Crippen molar-refractivity contribution in [2.45, 2.75) is 26.4 Å². The molecule has 26 heavy (non-hydrogen) atoms. The molecule has 0 radical (unpaired) electrons. The molecule has 5 nitrogen and oxygen atoms in total. The molecule has 2 N–H and O–H groups in total. The Morgan fingerprint density at radius 1 is 1.15 bits per heavy atom. The molecule has 0 bridgehead atoms. The predicted molar refractivity (Wildman–Crippen MR) is 100 cm³/mol. The predicted octanol–water partition coefficient (Wildman–Crippen LogP) is 4.10. The number of carbonyl (C=O) groups excluding carboxylic acids is 1. The molecule has 3 rings (SSSR count). The van der Waals surface area contributed by atoms with Gasteiger partial charge in [0.1, 0.15) is 18.5 Å². The molecule has 1 aliphatic rings. The van der Waals surface area contributed by atoms with Crippen LogP contribution in [0.3, 0.4) is 0 Å². The number of nitrogens with two attached hydrogens (primary N) is 1. The van der Waals surface area contributed by atoms with Gasteiger partial charge in [-0.2, -0.15) is 0 Å². The van der Waals surface area contributed by atoms with Crippen molar-refractivity contribution in [2.24, 2.45) is 11.1 Å². The first kappa shape index (κ1) is 18.3. The van der Waals surface area contributed by atoms with Gasteiger partial charge in [-0.15, -0.1) is 0 Å². The van der Waals surface area contributed by atoms with Crippen molar-refractivity contribution in [1.29, 1.82) is 0 Å². The Labute approximate surface area is 154 Å². The van der Waals surface area contributed by atoms with Crippen LogP contribution in [0.2, 0.25) is 0 Å². The first-order valence-corrected chi connectivity index (χ1v) is 8.72. The van der Waals surface area contributed by atoms with Gasteiger partial charge in [-0.25, -0.2) is 4.79 Å². The Morgan fingerprint density at radius 2 is 1.92 bits per heavy atom. The van der Waals surface area contributed by atoms with Crippen molar-refractivity contribution < 1.29 is 19.0 Å². The zero-order valence-corrected chi connectivity index (χ0v) is 15.5. The third-order valence-electron chi connectivity index (χ3n) is 4.74. The fourth-order valence-corrected chi connectivity index (χ4v) is 3.55. The minimum absolute atomic E-state index is 0.179. The quantitative estimate of drug-likeness (QED) is 0.792. The number of ether oxygens (including phenoxy) is 3. The second kappa shape index (κ2) is 7.38. The van der Waals surface area contributed by atoms with Gasteiger partial charge < -0.3 is 19.9 Å². The maximum Gasteiger partial charge on any atom is 0.405 e. The molecule has 0 fully saturated rings. The van der Waals surface area contributed by atoms with Crippen molar-refractivity contribution in [1.82, 2.24) is 0 Å². The summed E-state index contributed by atoms with van der Waals surface area (Å²) in [7, 11) is 1.65. The van der Waals surface area contributed by atoms with Crippen LogP contribution < -0.4 is 10.5 Å². The highest BCUT2D eigenvalue weighted by Gasteiger charge is 2.41. The van der Waals surface area contributed by atoms with Crippen LogP contribution in [0.4, 0.5) is 4.79 Å². The van der Waals surface area contributed by atoms with Gasteiger partial charge in [-0.3, -0.25) is 0 Å². The number of methoxy groups -OCH3 is 1. The molecule has 1 atom stereocenters. The van der Waals surface area contributed by atoms with Gasteiger partial charge in [0.25, 0.3) is 0 Å². The van der Waals surface area contributed by atoms with E-state index in [9.17, 15) is 4.79 Å². The van der Waals surface area contributed by atoms with E-state index in [4.69, 9.17) is 19.9 Å². The molecule has 2 aromatic rings. The number of amides is 1. The molecule has 0 aromatic heterocycles. The van der Waals surface area contributed by atoms with E-state index in [-0.39, 0.29) is 11.5 Å². The highest BCUT2D eigenvalue weighted by atomic mass is 16.6. The third-order valence-corrected chi connectivity index (χ3v) is 4.74. The lowest BCUT2D eigenvalue weighted by Crippen LogP contribution is -2.25. The number of rotatable bonds is 6. The lowest BCUT2D eigenvalue weighted by Gasteiger charge is -2.26. The largest absolute Gasteiger partial charge is 0.491 e. The lowest BCUT2D eigenvalue weighted by atomic mass is 9.87. The first-order valence-electron chi connectivity index (χ1n) is 8.72. The second-order valence-electron chi connectivity index (χ2n) is 7.26. The Morgan fingerprint density at radius 3 is 2.65 bits per heavy atom. The van der Waals surface area contributed by atoms with Crippen LogP contribution in [0, 0.1) is 5.41 Å². The third kappa shape index (κ3) is 3.83. The summed E-state index contributed by atoms with van der Waals surface area (Å²) in [6.07, 6.45) is -0.216. The fourth-order valence-electron chi connectivity index (χ4n) is 3.55. The van der Waals surface area contributed by atoms with Crippen LogP contribution in [0.15, 0.2) is 42.5 Å². The summed E-state index contributed by atoms with van der Waals surface area (Å²) in [6.45, 7) is 5.25. The van der Waals surface area contributed by atoms with Crippen molar-refractivity contribution in [3.63, 3.8) is 0 Å². The highest BCUT2D eigenvalue weighted by Crippen LogP contribution is 2.48. The number of carbonyl (C=O) groups is 1. The summed E-state index contributed by atoms with van der Waals surface area (Å²) >= 11 is 0. The van der Waals surface area contributed by atoms with Crippen LogP contribution in [0.1, 0.15) is 31.1 Å². The SMILES string of the molecule is COCCOc1cccc(-c2ccc3c(c2)CC(C)(C)C3OC(N)=O)c1. The van der Waals surface area contributed by atoms with E-state index in [2.05, 4.69) is 26.0 Å². The van der Waals surface area contributed by atoms with Crippen molar-refractivity contribution in [3.8, 4) is 16.9 Å². The van der Waals surface area contributed by atoms with Gasteiger partial charge in [-0.1, -0.05) is 44.2 Å². The van der Waals surface area contributed by atoms with Crippen LogP contribution >= 0.6 is 0 Å². The van der Waals surface area contributed by atoms with Gasteiger partial charge in [0.2, 0.25) is 0 Å². The van der Waals surface area contributed by atoms with E-state index >= 15 is 0 Å². The molecule has 2 aromatic carbocycles. The maximum absolute atomic E-state index is 11.3. The van der Waals surface area contributed by atoms with E-state index in [0.717, 1.165) is 28.9 Å². The van der Waals surface area contributed by atoms with Gasteiger partial charge in [0.15, 0.2) is 0 Å². The normalized spacial score (nSPS) is 17.6. The molecule has 0 spiro atoms. The summed E-state index contributed by atoms with van der Waals surface area (Å²) in [6, 6.07) is 14.2. The minimum Gasteiger partial charge on any atom is -0.491 e. The molecule has 0 saturated heterocycles. The van der Waals surface area contributed by atoms with Crippen molar-refractivity contribution in [2.75, 3.05) is 20.3 Å². The molecule has 0 aliphatic heterocycles. The Kier molecular flexibility index (Phi) is 5.18. The zero-order valence-electron chi connectivity index (χ0n) is 15.5. The maximum atomic E-state index is 11.3. The fraction of sp³-hybridized carbons (Fsp3) is 0.381. The van der Waals surface area contributed by atoms with Crippen molar-refractivity contribution >= 4 is 6.09 Å². The van der Waals surface area contributed by atoms with E-state index in [0.29, 0.717) is 13.2 Å². The van der Waals surface area contributed by atoms with Gasteiger partial charge in [0, 0.05) is 12.5 Å². The number of primary amides is 1. The molecule has 1 amide bonds. The molecule has 0 heterocycles. The molecule has 1 unspecified atom stereocenters. The smallest absolute Gasteiger partial charge is 0.405 e. The van der Waals surface area contributed by atoms with Crippen LogP contribution in [0.25, 0.3) is 11.1 Å². The van der Waals surface area contributed by atoms with Gasteiger partial charge >= 0.3 is 6.09 Å². The summed E-state index contributed by atoms with van der Waals surface area (Å²) in [5.41, 5.74) is 9.48. The average Bonchev–Trinajstić information content (AvgIpc) is 2.84. The molecular weight excluding hydrogens is 330 g/mol. The minimum atomic E-state index is -0.735. The van der Waals surface area contributed by atoms with Crippen LogP contribution in [-0.2, 0) is 15.9 Å². The van der Waals surface area contributed by atoms with Crippen LogP contribution in [-0.4, -0.2) is 26.4 Å². The highest BCUT2D eigenvalue weighted by molar-refractivity contribution is 5.68. The monoisotopic (exact) mass is 355 g/mol. The summed E-state index contributed by atoms with van der Waals surface area (Å²) in [5.74, 6) is 0.815. The molecular formula is C21H25NO4. The van der Waals surface area contributed by atoms with E-state index in [1.54, 1.807) is 7.11 Å². The first-order chi connectivity index (χ1) is 12.4.